The molecule has 0 bridgehead atoms. The molecule has 0 atom stereocenters. The summed E-state index contributed by atoms with van der Waals surface area (Å²) in [5.74, 6) is 1.87. The second-order valence-electron chi connectivity index (χ2n) is 8.12. The molecule has 3 N–H and O–H groups in total. The number of methoxy groups -OCH3 is 1. The van der Waals surface area contributed by atoms with Gasteiger partial charge in [0.15, 0.2) is 17.3 Å². The molecule has 0 unspecified atom stereocenters. The highest BCUT2D eigenvalue weighted by atomic mass is 16.5. The summed E-state index contributed by atoms with van der Waals surface area (Å²) in [4.78, 5) is 12.4. The molecule has 1 saturated carbocycles. The largest absolute Gasteiger partial charge is 0.507 e. The van der Waals surface area contributed by atoms with Crippen LogP contribution in [0.3, 0.4) is 0 Å². The number of anilines is 1. The lowest BCUT2D eigenvalue weighted by molar-refractivity contribution is 0.201. The van der Waals surface area contributed by atoms with Gasteiger partial charge in [-0.2, -0.15) is 9.77 Å². The first-order valence-corrected chi connectivity index (χ1v) is 10.6. The molecular weight excluding hydrogens is 396 g/mol. The maximum atomic E-state index is 12.4. The number of hydrogen-bond acceptors (Lipinski definition) is 6. The molecule has 0 saturated heterocycles. The smallest absolute Gasteiger partial charge is 0.362 e. The third kappa shape index (κ3) is 4.38. The second kappa shape index (κ2) is 8.75. The molecule has 2 aromatic carbocycles. The van der Waals surface area contributed by atoms with E-state index in [4.69, 9.17) is 9.47 Å². The number of aromatic hydroxyl groups is 1. The van der Waals surface area contributed by atoms with Gasteiger partial charge in [0.25, 0.3) is 0 Å². The van der Waals surface area contributed by atoms with Crippen LogP contribution in [0.15, 0.2) is 41.2 Å². The Morgan fingerprint density at radius 3 is 2.65 bits per heavy atom. The fourth-order valence-electron chi connectivity index (χ4n) is 3.82. The molecule has 1 fully saturated rings. The van der Waals surface area contributed by atoms with Crippen molar-refractivity contribution in [3.05, 3.63) is 52.4 Å². The molecule has 8 heteroatoms. The molecule has 0 amide bonds. The molecule has 1 aliphatic carbocycles. The van der Waals surface area contributed by atoms with E-state index in [1.54, 1.807) is 19.2 Å². The number of aromatic nitrogens is 3. The molecule has 31 heavy (non-hydrogen) atoms. The Morgan fingerprint density at radius 1 is 1.16 bits per heavy atom. The molecule has 1 aromatic heterocycles. The number of ether oxygens (including phenoxy) is 2. The minimum Gasteiger partial charge on any atom is -0.507 e. The van der Waals surface area contributed by atoms with Gasteiger partial charge in [-0.3, -0.25) is 5.43 Å². The fraction of sp³-hybridized carbons (Fsp3) is 0.391. The van der Waals surface area contributed by atoms with Crippen LogP contribution in [-0.4, -0.2) is 33.2 Å². The SMILES string of the molecule is COc1cc(Nn2c(-c3cc(C(C)C)ccc3O)n[nH]c2=O)ccc1OC1CCCC1. The second-order valence-corrected chi connectivity index (χ2v) is 8.12. The molecule has 3 aromatic rings. The van der Waals surface area contributed by atoms with Gasteiger partial charge in [0.05, 0.1) is 24.5 Å². The van der Waals surface area contributed by atoms with E-state index >= 15 is 0 Å². The predicted octanol–water partition coefficient (Wildman–Crippen LogP) is 4.27. The molecule has 164 valence electrons. The predicted molar refractivity (Wildman–Crippen MR) is 119 cm³/mol. The first-order valence-electron chi connectivity index (χ1n) is 10.6. The zero-order valence-electron chi connectivity index (χ0n) is 18.0. The summed E-state index contributed by atoms with van der Waals surface area (Å²) in [7, 11) is 1.59. The summed E-state index contributed by atoms with van der Waals surface area (Å²) in [6.07, 6.45) is 4.69. The van der Waals surface area contributed by atoms with Crippen molar-refractivity contribution >= 4 is 5.69 Å². The highest BCUT2D eigenvalue weighted by Crippen LogP contribution is 2.34. The van der Waals surface area contributed by atoms with Gasteiger partial charge in [0, 0.05) is 6.07 Å². The average molecular weight is 425 g/mol. The molecule has 1 heterocycles. The van der Waals surface area contributed by atoms with Crippen LogP contribution >= 0.6 is 0 Å². The molecule has 0 radical (unpaired) electrons. The first-order chi connectivity index (χ1) is 15.0. The molecule has 1 aliphatic rings. The highest BCUT2D eigenvalue weighted by molar-refractivity contribution is 5.66. The number of phenols is 1. The number of hydrogen-bond donors (Lipinski definition) is 3. The number of phenolic OH excluding ortho intramolecular Hbond substituents is 1. The van der Waals surface area contributed by atoms with Crippen LogP contribution in [0.1, 0.15) is 51.0 Å². The van der Waals surface area contributed by atoms with Gasteiger partial charge >= 0.3 is 5.69 Å². The van der Waals surface area contributed by atoms with Crippen molar-refractivity contribution in [2.75, 3.05) is 12.5 Å². The Bertz CT molecular complexity index is 1110. The Hall–Kier alpha value is -3.42. The summed E-state index contributed by atoms with van der Waals surface area (Å²) in [6, 6.07) is 10.7. The topological polar surface area (TPSA) is 101 Å². The molecule has 0 aliphatic heterocycles. The minimum absolute atomic E-state index is 0.0457. The molecule has 0 spiro atoms. The fourth-order valence-corrected chi connectivity index (χ4v) is 3.82. The van der Waals surface area contributed by atoms with Crippen molar-refractivity contribution in [3.63, 3.8) is 0 Å². The van der Waals surface area contributed by atoms with Crippen molar-refractivity contribution in [2.24, 2.45) is 0 Å². The third-order valence-corrected chi connectivity index (χ3v) is 5.60. The number of nitrogens with one attached hydrogen (secondary N) is 2. The maximum Gasteiger partial charge on any atom is 0.362 e. The van der Waals surface area contributed by atoms with Crippen LogP contribution in [-0.2, 0) is 0 Å². The summed E-state index contributed by atoms with van der Waals surface area (Å²) >= 11 is 0. The van der Waals surface area contributed by atoms with Gasteiger partial charge in [0.2, 0.25) is 0 Å². The average Bonchev–Trinajstić information content (AvgIpc) is 3.39. The summed E-state index contributed by atoms with van der Waals surface area (Å²) < 4.78 is 12.9. The van der Waals surface area contributed by atoms with E-state index in [2.05, 4.69) is 29.5 Å². The lowest BCUT2D eigenvalue weighted by Gasteiger charge is -2.17. The van der Waals surface area contributed by atoms with E-state index in [0.717, 1.165) is 18.4 Å². The van der Waals surface area contributed by atoms with Crippen molar-refractivity contribution < 1.29 is 14.6 Å². The minimum atomic E-state index is -0.449. The normalized spacial score (nSPS) is 14.2. The summed E-state index contributed by atoms with van der Waals surface area (Å²) in [6.45, 7) is 4.13. The van der Waals surface area contributed by atoms with Gasteiger partial charge < -0.3 is 14.6 Å². The number of aromatic amines is 1. The van der Waals surface area contributed by atoms with Crippen LogP contribution in [0.25, 0.3) is 11.4 Å². The van der Waals surface area contributed by atoms with Crippen molar-refractivity contribution in [3.8, 4) is 28.6 Å². The van der Waals surface area contributed by atoms with Crippen LogP contribution in [0.5, 0.6) is 17.2 Å². The van der Waals surface area contributed by atoms with Crippen molar-refractivity contribution in [2.45, 2.75) is 51.6 Å². The van der Waals surface area contributed by atoms with Crippen LogP contribution in [0.2, 0.25) is 0 Å². The first kappa shape index (κ1) is 20.8. The van der Waals surface area contributed by atoms with Gasteiger partial charge in [0.1, 0.15) is 5.75 Å². The zero-order valence-corrected chi connectivity index (χ0v) is 18.0. The van der Waals surface area contributed by atoms with Crippen molar-refractivity contribution in [1.29, 1.82) is 0 Å². The maximum absolute atomic E-state index is 12.4. The Labute approximate surface area is 180 Å². The van der Waals surface area contributed by atoms with E-state index in [9.17, 15) is 9.90 Å². The quantitative estimate of drug-likeness (QED) is 0.524. The van der Waals surface area contributed by atoms with Gasteiger partial charge in [-0.1, -0.05) is 19.9 Å². The Kier molecular flexibility index (Phi) is 5.88. The molecule has 4 rings (SSSR count). The van der Waals surface area contributed by atoms with Crippen LogP contribution < -0.4 is 20.6 Å². The van der Waals surface area contributed by atoms with E-state index in [1.165, 1.54) is 17.5 Å². The van der Waals surface area contributed by atoms with Crippen LogP contribution in [0, 0.1) is 0 Å². The zero-order chi connectivity index (χ0) is 22.0. The number of nitrogens with zero attached hydrogens (tertiary/aromatic N) is 2. The van der Waals surface area contributed by atoms with E-state index in [-0.39, 0.29) is 23.6 Å². The van der Waals surface area contributed by atoms with E-state index in [0.29, 0.717) is 22.7 Å². The summed E-state index contributed by atoms with van der Waals surface area (Å²) in [5.41, 5.74) is 4.73. The van der Waals surface area contributed by atoms with Gasteiger partial charge in [-0.25, -0.2) is 9.89 Å². The van der Waals surface area contributed by atoms with E-state index < -0.39 is 5.69 Å². The third-order valence-electron chi connectivity index (χ3n) is 5.60. The lowest BCUT2D eigenvalue weighted by atomic mass is 10.00. The van der Waals surface area contributed by atoms with Gasteiger partial charge in [-0.15, -0.1) is 0 Å². The Balaban J connectivity index is 1.64. The standard InChI is InChI=1S/C23H28N4O4/c1-14(2)15-8-10-19(28)18(12-15)22-24-25-23(29)27(22)26-16-9-11-20(21(13-16)30-3)31-17-6-4-5-7-17/h8-14,17,26,28H,4-7H2,1-3H3,(H,25,29). The molecule has 8 nitrogen and oxygen atoms in total. The van der Waals surface area contributed by atoms with Gasteiger partial charge in [-0.05, 0) is 61.4 Å². The monoisotopic (exact) mass is 424 g/mol. The van der Waals surface area contributed by atoms with Crippen LogP contribution in [0.4, 0.5) is 5.69 Å². The highest BCUT2D eigenvalue weighted by Gasteiger charge is 2.20. The number of rotatable bonds is 7. The number of benzene rings is 2. The van der Waals surface area contributed by atoms with Crippen molar-refractivity contribution in [1.82, 2.24) is 14.9 Å². The molecular formula is C23H28N4O4. The van der Waals surface area contributed by atoms with E-state index in [1.807, 2.05) is 24.3 Å². The lowest BCUT2D eigenvalue weighted by Crippen LogP contribution is -2.24. The summed E-state index contributed by atoms with van der Waals surface area (Å²) in [5, 5.41) is 17.0. The Morgan fingerprint density at radius 2 is 1.94 bits per heavy atom. The number of H-pyrrole nitrogens is 1.